The van der Waals surface area contributed by atoms with Crippen LogP contribution in [0.5, 0.6) is 0 Å². The zero-order valence-corrected chi connectivity index (χ0v) is 14.2. The fraction of sp³-hybridized carbons (Fsp3) is 0.600. The molecule has 0 saturated heterocycles. The van der Waals surface area contributed by atoms with Crippen LogP contribution in [0.1, 0.15) is 68.3 Å². The molecule has 1 N–H and O–H groups in total. The van der Waals surface area contributed by atoms with Crippen LogP contribution in [-0.4, -0.2) is 12.5 Å². The van der Waals surface area contributed by atoms with Crippen molar-refractivity contribution in [2.75, 3.05) is 6.54 Å². The van der Waals surface area contributed by atoms with E-state index in [1.165, 1.54) is 44.9 Å². The highest BCUT2D eigenvalue weighted by Crippen LogP contribution is 2.48. The zero-order valence-electron chi connectivity index (χ0n) is 13.4. The Morgan fingerprint density at radius 1 is 1.33 bits per heavy atom. The monoisotopic (exact) mass is 346 g/mol. The van der Waals surface area contributed by atoms with Gasteiger partial charge in [0.25, 0.3) is 5.91 Å². The number of nitriles is 1. The Hall–Kier alpha value is -1.53. The molecule has 130 valence electrons. The van der Waals surface area contributed by atoms with Gasteiger partial charge in [-0.1, -0.05) is 50.8 Å². The van der Waals surface area contributed by atoms with Gasteiger partial charge in [-0.15, -0.1) is 0 Å². The molecule has 0 aliphatic heterocycles. The molecular formula is C20H27ClN2O. The number of nitrogens with one attached hydrogen (secondary N) is 1. The lowest BCUT2D eigenvalue weighted by Crippen LogP contribution is -2.43. The zero-order chi connectivity index (χ0) is 16.3. The van der Waals surface area contributed by atoms with Crippen molar-refractivity contribution in [1.82, 2.24) is 5.32 Å². The van der Waals surface area contributed by atoms with Gasteiger partial charge in [0.1, 0.15) is 0 Å². The molecule has 3 nitrogen and oxygen atoms in total. The van der Waals surface area contributed by atoms with Crippen LogP contribution in [0.15, 0.2) is 18.2 Å². The minimum atomic E-state index is -0.114. The van der Waals surface area contributed by atoms with E-state index in [1.807, 2.05) is 0 Å². The number of fused-ring (bicyclic) bond motifs is 2. The van der Waals surface area contributed by atoms with Crippen molar-refractivity contribution in [3.8, 4) is 6.07 Å². The molecule has 2 aliphatic rings. The van der Waals surface area contributed by atoms with Gasteiger partial charge in [0, 0.05) is 6.54 Å². The Balaban J connectivity index is 0.00000208. The van der Waals surface area contributed by atoms with Gasteiger partial charge in [0.05, 0.1) is 23.1 Å². The highest BCUT2D eigenvalue weighted by Gasteiger charge is 2.39. The molecule has 2 saturated carbocycles. The average molecular weight is 347 g/mol. The van der Waals surface area contributed by atoms with Crippen molar-refractivity contribution < 1.29 is 4.79 Å². The molecule has 3 rings (SSSR count). The smallest absolute Gasteiger partial charge is 0.252 e. The van der Waals surface area contributed by atoms with Crippen LogP contribution in [0.2, 0.25) is 5.02 Å². The van der Waals surface area contributed by atoms with E-state index < -0.39 is 0 Å². The third-order valence-electron chi connectivity index (χ3n) is 5.54. The van der Waals surface area contributed by atoms with Gasteiger partial charge in [0.2, 0.25) is 0 Å². The fourth-order valence-electron chi connectivity index (χ4n) is 4.38. The van der Waals surface area contributed by atoms with Crippen LogP contribution < -0.4 is 5.32 Å². The first-order valence-electron chi connectivity index (χ1n) is 8.55. The number of benzene rings is 1. The molecule has 0 unspecified atom stereocenters. The second-order valence-electron chi connectivity index (χ2n) is 7.19. The van der Waals surface area contributed by atoms with Crippen molar-refractivity contribution in [2.45, 2.75) is 58.8 Å². The molecule has 2 bridgehead atoms. The lowest BCUT2D eigenvalue weighted by Gasteiger charge is -2.45. The van der Waals surface area contributed by atoms with Crippen molar-refractivity contribution in [2.24, 2.45) is 11.3 Å². The molecule has 0 heterocycles. The lowest BCUT2D eigenvalue weighted by atomic mass is 9.62. The number of rotatable bonds is 4. The number of hydrogen-bond donors (Lipinski definition) is 1. The molecule has 24 heavy (non-hydrogen) atoms. The SMILES string of the molecule is C.N#CCc1ccc(Cl)c(C(=O)NCC23CCCC(CCC2)C3)c1. The maximum Gasteiger partial charge on any atom is 0.252 e. The lowest BCUT2D eigenvalue weighted by molar-refractivity contribution is 0.0682. The van der Waals surface area contributed by atoms with Crippen LogP contribution in [0.4, 0.5) is 0 Å². The largest absolute Gasteiger partial charge is 0.351 e. The molecule has 0 spiro atoms. The number of carbonyl (C=O) groups excluding carboxylic acids is 1. The molecule has 2 aliphatic carbocycles. The number of halogens is 1. The highest BCUT2D eigenvalue weighted by molar-refractivity contribution is 6.33. The topological polar surface area (TPSA) is 52.9 Å². The first-order valence-corrected chi connectivity index (χ1v) is 8.93. The summed E-state index contributed by atoms with van der Waals surface area (Å²) in [5, 5.41) is 12.4. The summed E-state index contributed by atoms with van der Waals surface area (Å²) in [7, 11) is 0. The quantitative estimate of drug-likeness (QED) is 0.821. The fourth-order valence-corrected chi connectivity index (χ4v) is 4.58. The predicted octanol–water partition coefficient (Wildman–Crippen LogP) is 5.13. The van der Waals surface area contributed by atoms with Gasteiger partial charge < -0.3 is 5.32 Å². The van der Waals surface area contributed by atoms with E-state index in [9.17, 15) is 4.79 Å². The third-order valence-corrected chi connectivity index (χ3v) is 5.87. The van der Waals surface area contributed by atoms with E-state index in [2.05, 4.69) is 11.4 Å². The predicted molar refractivity (Wildman–Crippen MR) is 98.1 cm³/mol. The minimum absolute atomic E-state index is 0. The Bertz CT molecular complexity index is 625. The summed E-state index contributed by atoms with van der Waals surface area (Å²) in [5.74, 6) is 0.744. The molecule has 1 aromatic carbocycles. The van der Waals surface area contributed by atoms with Crippen LogP contribution in [0.3, 0.4) is 0 Å². The Morgan fingerprint density at radius 2 is 2.04 bits per heavy atom. The number of nitrogens with zero attached hydrogens (tertiary/aromatic N) is 1. The van der Waals surface area contributed by atoms with Gasteiger partial charge in [-0.05, 0) is 48.3 Å². The second kappa shape index (κ2) is 8.03. The minimum Gasteiger partial charge on any atom is -0.351 e. The van der Waals surface area contributed by atoms with Crippen LogP contribution in [0.25, 0.3) is 0 Å². The molecular weight excluding hydrogens is 320 g/mol. The van der Waals surface area contributed by atoms with Gasteiger partial charge in [-0.3, -0.25) is 4.79 Å². The average Bonchev–Trinajstić information content (AvgIpc) is 2.55. The molecule has 1 aromatic rings. The second-order valence-corrected chi connectivity index (χ2v) is 7.59. The summed E-state index contributed by atoms with van der Waals surface area (Å²) in [6, 6.07) is 7.35. The van der Waals surface area contributed by atoms with E-state index in [4.69, 9.17) is 16.9 Å². The Kier molecular flexibility index (Phi) is 6.29. The van der Waals surface area contributed by atoms with E-state index >= 15 is 0 Å². The highest BCUT2D eigenvalue weighted by atomic mass is 35.5. The van der Waals surface area contributed by atoms with Crippen LogP contribution in [0, 0.1) is 22.7 Å². The van der Waals surface area contributed by atoms with E-state index in [0.717, 1.165) is 18.0 Å². The number of carbonyl (C=O) groups is 1. The first kappa shape index (κ1) is 18.8. The van der Waals surface area contributed by atoms with Gasteiger partial charge >= 0.3 is 0 Å². The normalized spacial score (nSPS) is 25.2. The van der Waals surface area contributed by atoms with Crippen LogP contribution in [-0.2, 0) is 6.42 Å². The number of hydrogen-bond acceptors (Lipinski definition) is 2. The van der Waals surface area contributed by atoms with E-state index in [0.29, 0.717) is 22.4 Å². The summed E-state index contributed by atoms with van der Waals surface area (Å²) in [6.07, 6.45) is 9.31. The Labute approximate surface area is 150 Å². The van der Waals surface area contributed by atoms with Gasteiger partial charge in [-0.2, -0.15) is 5.26 Å². The summed E-state index contributed by atoms with van der Waals surface area (Å²) in [5.41, 5.74) is 1.61. The molecule has 4 heteroatoms. The van der Waals surface area contributed by atoms with Crippen molar-refractivity contribution in [1.29, 1.82) is 5.26 Å². The summed E-state index contributed by atoms with van der Waals surface area (Å²) in [6.45, 7) is 0.751. The molecule has 0 atom stereocenters. The maximum absolute atomic E-state index is 12.5. The van der Waals surface area contributed by atoms with Crippen molar-refractivity contribution in [3.05, 3.63) is 34.3 Å². The van der Waals surface area contributed by atoms with Crippen molar-refractivity contribution in [3.63, 3.8) is 0 Å². The maximum atomic E-state index is 12.5. The summed E-state index contributed by atoms with van der Waals surface area (Å²) < 4.78 is 0. The molecule has 2 fully saturated rings. The van der Waals surface area contributed by atoms with Gasteiger partial charge in [-0.25, -0.2) is 0 Å². The standard InChI is InChI=1S/C19H23ClN2O.CH4/c20-17-6-5-14(7-10-21)11-16(17)18(23)22-13-19-8-1-3-15(12-19)4-2-9-19;/h5-6,11,15H,1-4,7-9,12-13H2,(H,22,23);1H4. The summed E-state index contributed by atoms with van der Waals surface area (Å²) >= 11 is 6.17. The van der Waals surface area contributed by atoms with E-state index in [1.54, 1.807) is 18.2 Å². The molecule has 1 amide bonds. The van der Waals surface area contributed by atoms with Gasteiger partial charge in [0.15, 0.2) is 0 Å². The summed E-state index contributed by atoms with van der Waals surface area (Å²) in [4.78, 5) is 12.5. The van der Waals surface area contributed by atoms with E-state index in [-0.39, 0.29) is 13.3 Å². The molecule has 0 radical (unpaired) electrons. The Morgan fingerprint density at radius 3 is 2.71 bits per heavy atom. The van der Waals surface area contributed by atoms with Crippen LogP contribution >= 0.6 is 11.6 Å². The van der Waals surface area contributed by atoms with Crippen molar-refractivity contribution >= 4 is 17.5 Å². The first-order chi connectivity index (χ1) is 11.1. The number of amides is 1. The third kappa shape index (κ3) is 4.11. The molecule has 0 aromatic heterocycles.